The fourth-order valence-corrected chi connectivity index (χ4v) is 2.71. The number of carbonyl (C=O) groups excluding carboxylic acids is 1. The minimum absolute atomic E-state index is 0.132. The van der Waals surface area contributed by atoms with E-state index in [1.807, 2.05) is 24.3 Å². The van der Waals surface area contributed by atoms with Crippen molar-refractivity contribution in [2.24, 2.45) is 5.92 Å². The molecule has 116 valence electrons. The average molecular weight is 305 g/mol. The Morgan fingerprint density at radius 2 is 1.83 bits per heavy atom. The van der Waals surface area contributed by atoms with Crippen LogP contribution in [0, 0.1) is 19.8 Å². The van der Waals surface area contributed by atoms with E-state index in [0.29, 0.717) is 0 Å². The molecule has 1 aliphatic carbocycles. The zero-order valence-electron chi connectivity index (χ0n) is 13.3. The van der Waals surface area contributed by atoms with Gasteiger partial charge in [-0.1, -0.05) is 0 Å². The second kappa shape index (κ2) is 5.23. The molecule has 3 aromatic rings. The highest BCUT2D eigenvalue weighted by Crippen LogP contribution is 2.30. The Morgan fingerprint density at radius 1 is 1.13 bits per heavy atom. The summed E-state index contributed by atoms with van der Waals surface area (Å²) in [7, 11) is 0. The normalized spacial score (nSPS) is 14.2. The lowest BCUT2D eigenvalue weighted by Gasteiger charge is -2.04. The molecule has 4 heteroatoms. The third-order valence-electron chi connectivity index (χ3n) is 4.47. The molecule has 23 heavy (non-hydrogen) atoms. The maximum atomic E-state index is 11.8. The van der Waals surface area contributed by atoms with Gasteiger partial charge in [0.2, 0.25) is 5.91 Å². The standard InChI is InChI=1S/C19H19N3O/c1-11-9-16-17(10-12(11)2)22-18(21-16)13-5-7-15(8-6-13)20-19(23)14-3-4-14/h5-10,14H,3-4H2,1-2H3,(H,20,23)(H,21,22). The Labute approximate surface area is 134 Å². The van der Waals surface area contributed by atoms with Gasteiger partial charge < -0.3 is 10.3 Å². The predicted octanol–water partition coefficient (Wildman–Crippen LogP) is 4.20. The van der Waals surface area contributed by atoms with Crippen LogP contribution in [0.25, 0.3) is 22.4 Å². The molecule has 0 radical (unpaired) electrons. The van der Waals surface area contributed by atoms with E-state index < -0.39 is 0 Å². The molecule has 2 aromatic carbocycles. The molecule has 1 saturated carbocycles. The SMILES string of the molecule is Cc1cc2nc(-c3ccc(NC(=O)C4CC4)cc3)[nH]c2cc1C. The lowest BCUT2D eigenvalue weighted by atomic mass is 10.1. The summed E-state index contributed by atoms with van der Waals surface area (Å²) in [5.41, 5.74) is 6.39. The average Bonchev–Trinajstić information content (AvgIpc) is 3.31. The van der Waals surface area contributed by atoms with Gasteiger partial charge in [0, 0.05) is 17.2 Å². The van der Waals surface area contributed by atoms with E-state index in [1.54, 1.807) is 0 Å². The van der Waals surface area contributed by atoms with E-state index in [4.69, 9.17) is 0 Å². The highest BCUT2D eigenvalue weighted by atomic mass is 16.2. The molecule has 1 fully saturated rings. The minimum Gasteiger partial charge on any atom is -0.338 e. The fraction of sp³-hybridized carbons (Fsp3) is 0.263. The molecule has 0 saturated heterocycles. The van der Waals surface area contributed by atoms with Gasteiger partial charge in [0.15, 0.2) is 0 Å². The number of amides is 1. The highest BCUT2D eigenvalue weighted by Gasteiger charge is 2.29. The number of benzene rings is 2. The predicted molar refractivity (Wildman–Crippen MR) is 92.4 cm³/mol. The van der Waals surface area contributed by atoms with Gasteiger partial charge in [-0.15, -0.1) is 0 Å². The summed E-state index contributed by atoms with van der Waals surface area (Å²) in [5, 5.41) is 2.95. The van der Waals surface area contributed by atoms with Crippen LogP contribution >= 0.6 is 0 Å². The smallest absolute Gasteiger partial charge is 0.227 e. The van der Waals surface area contributed by atoms with E-state index in [1.165, 1.54) is 11.1 Å². The number of hydrogen-bond donors (Lipinski definition) is 2. The molecule has 0 unspecified atom stereocenters. The van der Waals surface area contributed by atoms with E-state index in [2.05, 4.69) is 41.3 Å². The summed E-state index contributed by atoms with van der Waals surface area (Å²) in [6.45, 7) is 4.20. The zero-order valence-corrected chi connectivity index (χ0v) is 13.3. The number of aryl methyl sites for hydroxylation is 2. The molecule has 4 nitrogen and oxygen atoms in total. The van der Waals surface area contributed by atoms with Crippen molar-refractivity contribution >= 4 is 22.6 Å². The Balaban J connectivity index is 1.61. The summed E-state index contributed by atoms with van der Waals surface area (Å²) in [6, 6.07) is 12.1. The van der Waals surface area contributed by atoms with Gasteiger partial charge in [0.1, 0.15) is 5.82 Å². The third kappa shape index (κ3) is 2.72. The summed E-state index contributed by atoms with van der Waals surface area (Å²) < 4.78 is 0. The van der Waals surface area contributed by atoms with E-state index in [0.717, 1.165) is 41.0 Å². The molecule has 0 aliphatic heterocycles. The van der Waals surface area contributed by atoms with Crippen LogP contribution in [0.3, 0.4) is 0 Å². The van der Waals surface area contributed by atoms with Crippen molar-refractivity contribution in [3.63, 3.8) is 0 Å². The first-order chi connectivity index (χ1) is 11.1. The number of anilines is 1. The molecule has 1 amide bonds. The summed E-state index contributed by atoms with van der Waals surface area (Å²) in [6.07, 6.45) is 2.03. The van der Waals surface area contributed by atoms with Gasteiger partial charge >= 0.3 is 0 Å². The van der Waals surface area contributed by atoms with Gasteiger partial charge in [0.25, 0.3) is 0 Å². The third-order valence-corrected chi connectivity index (χ3v) is 4.47. The van der Waals surface area contributed by atoms with Gasteiger partial charge in [-0.3, -0.25) is 4.79 Å². The quantitative estimate of drug-likeness (QED) is 0.762. The highest BCUT2D eigenvalue weighted by molar-refractivity contribution is 5.94. The molecular formula is C19H19N3O. The first kappa shape index (κ1) is 14.0. The first-order valence-corrected chi connectivity index (χ1v) is 7.98. The van der Waals surface area contributed by atoms with Crippen LogP contribution in [0.15, 0.2) is 36.4 Å². The number of H-pyrrole nitrogens is 1. The molecule has 0 spiro atoms. The Morgan fingerprint density at radius 3 is 2.52 bits per heavy atom. The lowest BCUT2D eigenvalue weighted by Crippen LogP contribution is -2.12. The Kier molecular flexibility index (Phi) is 3.18. The van der Waals surface area contributed by atoms with Crippen molar-refractivity contribution in [2.75, 3.05) is 5.32 Å². The molecular weight excluding hydrogens is 286 g/mol. The molecule has 4 rings (SSSR count). The first-order valence-electron chi connectivity index (χ1n) is 7.98. The van der Waals surface area contributed by atoms with Crippen LogP contribution in [0.2, 0.25) is 0 Å². The van der Waals surface area contributed by atoms with E-state index in [9.17, 15) is 4.79 Å². The zero-order chi connectivity index (χ0) is 16.0. The monoisotopic (exact) mass is 305 g/mol. The van der Waals surface area contributed by atoms with Crippen LogP contribution in [0.1, 0.15) is 24.0 Å². The van der Waals surface area contributed by atoms with Crippen LogP contribution in [-0.2, 0) is 4.79 Å². The minimum atomic E-state index is 0.132. The Hall–Kier alpha value is -2.62. The number of rotatable bonds is 3. The number of imidazole rings is 1. The number of fused-ring (bicyclic) bond motifs is 1. The van der Waals surface area contributed by atoms with Crippen LogP contribution < -0.4 is 5.32 Å². The molecule has 1 aromatic heterocycles. The van der Waals surface area contributed by atoms with Gasteiger partial charge in [0.05, 0.1) is 11.0 Å². The molecule has 1 heterocycles. The molecule has 1 aliphatic rings. The second-order valence-electron chi connectivity index (χ2n) is 6.38. The number of nitrogens with zero attached hydrogens (tertiary/aromatic N) is 1. The number of aromatic nitrogens is 2. The van der Waals surface area contributed by atoms with Gasteiger partial charge in [-0.05, 0) is 74.2 Å². The van der Waals surface area contributed by atoms with Crippen molar-refractivity contribution in [3.05, 3.63) is 47.5 Å². The maximum absolute atomic E-state index is 11.8. The number of hydrogen-bond acceptors (Lipinski definition) is 2. The van der Waals surface area contributed by atoms with Crippen molar-refractivity contribution in [2.45, 2.75) is 26.7 Å². The van der Waals surface area contributed by atoms with Crippen LogP contribution in [-0.4, -0.2) is 15.9 Å². The lowest BCUT2D eigenvalue weighted by molar-refractivity contribution is -0.117. The van der Waals surface area contributed by atoms with Crippen molar-refractivity contribution < 1.29 is 4.79 Å². The topological polar surface area (TPSA) is 57.8 Å². The summed E-state index contributed by atoms with van der Waals surface area (Å²) >= 11 is 0. The number of aromatic amines is 1. The van der Waals surface area contributed by atoms with Crippen molar-refractivity contribution in [1.29, 1.82) is 0 Å². The molecule has 0 bridgehead atoms. The largest absolute Gasteiger partial charge is 0.338 e. The van der Waals surface area contributed by atoms with Gasteiger partial charge in [-0.25, -0.2) is 4.98 Å². The summed E-state index contributed by atoms with van der Waals surface area (Å²) in [4.78, 5) is 19.8. The van der Waals surface area contributed by atoms with Crippen LogP contribution in [0.4, 0.5) is 5.69 Å². The number of carbonyl (C=O) groups is 1. The maximum Gasteiger partial charge on any atom is 0.227 e. The van der Waals surface area contributed by atoms with Crippen molar-refractivity contribution in [3.8, 4) is 11.4 Å². The van der Waals surface area contributed by atoms with E-state index in [-0.39, 0.29) is 11.8 Å². The summed E-state index contributed by atoms with van der Waals surface area (Å²) in [5.74, 6) is 1.20. The van der Waals surface area contributed by atoms with Gasteiger partial charge in [-0.2, -0.15) is 0 Å². The van der Waals surface area contributed by atoms with Crippen molar-refractivity contribution in [1.82, 2.24) is 9.97 Å². The van der Waals surface area contributed by atoms with Crippen LogP contribution in [0.5, 0.6) is 0 Å². The van der Waals surface area contributed by atoms with E-state index >= 15 is 0 Å². The number of nitrogens with one attached hydrogen (secondary N) is 2. The second-order valence-corrected chi connectivity index (χ2v) is 6.38. The Bertz CT molecular complexity index is 850. The molecule has 2 N–H and O–H groups in total. The molecule has 0 atom stereocenters. The fourth-order valence-electron chi connectivity index (χ4n) is 2.71.